The Morgan fingerprint density at radius 2 is 1.64 bits per heavy atom. The number of hydrogen-bond acceptors (Lipinski definition) is 1. The molecule has 0 aliphatic carbocycles. The third kappa shape index (κ3) is 8.25. The summed E-state index contributed by atoms with van der Waals surface area (Å²) in [4.78, 5) is 0. The highest BCUT2D eigenvalue weighted by molar-refractivity contribution is 7.80. The van der Waals surface area contributed by atoms with Crippen molar-refractivity contribution in [2.24, 2.45) is 11.8 Å². The van der Waals surface area contributed by atoms with E-state index in [2.05, 4.69) is 33.4 Å². The maximum atomic E-state index is 4.22. The lowest BCUT2D eigenvalue weighted by molar-refractivity contribution is 0.451. The predicted molar refractivity (Wildman–Crippen MR) is 56.3 cm³/mol. The second kappa shape index (κ2) is 7.02. The van der Waals surface area contributed by atoms with E-state index >= 15 is 0 Å². The molecule has 0 nitrogen and oxygen atoms in total. The maximum Gasteiger partial charge on any atom is -0.00954 e. The molecule has 0 aliphatic rings. The van der Waals surface area contributed by atoms with Gasteiger partial charge < -0.3 is 0 Å². The van der Waals surface area contributed by atoms with Gasteiger partial charge >= 0.3 is 0 Å². The minimum atomic E-state index is 0.873. The Kier molecular flexibility index (Phi) is 7.25. The Bertz CT molecular complexity index is 78.9. The second-order valence-corrected chi connectivity index (χ2v) is 4.39. The van der Waals surface area contributed by atoms with Crippen LogP contribution in [0.25, 0.3) is 0 Å². The highest BCUT2D eigenvalue weighted by Crippen LogP contribution is 2.15. The van der Waals surface area contributed by atoms with Crippen LogP contribution in [0.15, 0.2) is 0 Å². The molecule has 11 heavy (non-hydrogen) atoms. The molecule has 0 bridgehead atoms. The second-order valence-electron chi connectivity index (χ2n) is 3.94. The van der Waals surface area contributed by atoms with Crippen molar-refractivity contribution in [2.45, 2.75) is 46.5 Å². The van der Waals surface area contributed by atoms with Crippen molar-refractivity contribution in [1.29, 1.82) is 0 Å². The van der Waals surface area contributed by atoms with Crippen LogP contribution in [0, 0.1) is 11.8 Å². The summed E-state index contributed by atoms with van der Waals surface area (Å²) >= 11 is 4.22. The molecule has 0 amide bonds. The standard InChI is InChI=1S/C10H22S/c1-9(2)5-4-6-10(3)7-8-11/h9-11H,4-8H2,1-3H3/t10-/m0/s1. The maximum absolute atomic E-state index is 4.22. The Morgan fingerprint density at radius 3 is 2.09 bits per heavy atom. The van der Waals surface area contributed by atoms with Crippen LogP contribution in [0.2, 0.25) is 0 Å². The minimum absolute atomic E-state index is 0.873. The zero-order chi connectivity index (χ0) is 8.69. The third-order valence-electron chi connectivity index (χ3n) is 2.10. The number of rotatable bonds is 6. The van der Waals surface area contributed by atoms with E-state index < -0.39 is 0 Å². The zero-order valence-corrected chi connectivity index (χ0v) is 9.03. The van der Waals surface area contributed by atoms with Gasteiger partial charge in [0.1, 0.15) is 0 Å². The topological polar surface area (TPSA) is 0 Å². The molecule has 0 rings (SSSR count). The first-order valence-corrected chi connectivity index (χ1v) is 5.41. The lowest BCUT2D eigenvalue weighted by Gasteiger charge is -2.10. The molecule has 0 heterocycles. The molecule has 0 N–H and O–H groups in total. The molecule has 1 heteroatoms. The van der Waals surface area contributed by atoms with Gasteiger partial charge in [-0.3, -0.25) is 0 Å². The van der Waals surface area contributed by atoms with Crippen LogP contribution >= 0.6 is 12.6 Å². The van der Waals surface area contributed by atoms with Gasteiger partial charge in [0.15, 0.2) is 0 Å². The van der Waals surface area contributed by atoms with E-state index in [-0.39, 0.29) is 0 Å². The van der Waals surface area contributed by atoms with Gasteiger partial charge in [-0.2, -0.15) is 12.6 Å². The molecule has 0 aliphatic heterocycles. The van der Waals surface area contributed by atoms with Crippen LogP contribution in [0.4, 0.5) is 0 Å². The van der Waals surface area contributed by atoms with Crippen molar-refractivity contribution in [2.75, 3.05) is 5.75 Å². The third-order valence-corrected chi connectivity index (χ3v) is 2.36. The average molecular weight is 174 g/mol. The Morgan fingerprint density at radius 1 is 1.00 bits per heavy atom. The lowest BCUT2D eigenvalue weighted by atomic mass is 9.98. The van der Waals surface area contributed by atoms with E-state index in [1.54, 1.807) is 0 Å². The molecule has 68 valence electrons. The summed E-state index contributed by atoms with van der Waals surface area (Å²) in [5, 5.41) is 0. The Hall–Kier alpha value is 0.350. The fraction of sp³-hybridized carbons (Fsp3) is 1.00. The van der Waals surface area contributed by atoms with Gasteiger partial charge in [0.25, 0.3) is 0 Å². The van der Waals surface area contributed by atoms with E-state index in [4.69, 9.17) is 0 Å². The van der Waals surface area contributed by atoms with Crippen LogP contribution in [0.3, 0.4) is 0 Å². The van der Waals surface area contributed by atoms with Crippen molar-refractivity contribution in [3.8, 4) is 0 Å². The smallest absolute Gasteiger partial charge is 0.00954 e. The van der Waals surface area contributed by atoms with Crippen LogP contribution in [-0.4, -0.2) is 5.75 Å². The van der Waals surface area contributed by atoms with Crippen molar-refractivity contribution in [3.63, 3.8) is 0 Å². The molecule has 0 saturated heterocycles. The summed E-state index contributed by atoms with van der Waals surface area (Å²) in [6.07, 6.45) is 5.45. The van der Waals surface area contributed by atoms with Crippen molar-refractivity contribution in [1.82, 2.24) is 0 Å². The molecule has 0 aromatic rings. The van der Waals surface area contributed by atoms with E-state index in [0.717, 1.165) is 17.6 Å². The van der Waals surface area contributed by atoms with Crippen LogP contribution in [0.5, 0.6) is 0 Å². The highest BCUT2D eigenvalue weighted by atomic mass is 32.1. The van der Waals surface area contributed by atoms with Gasteiger partial charge in [0.2, 0.25) is 0 Å². The van der Waals surface area contributed by atoms with Gasteiger partial charge in [-0.05, 0) is 24.0 Å². The van der Waals surface area contributed by atoms with Gasteiger partial charge in [0.05, 0.1) is 0 Å². The molecule has 0 aromatic heterocycles. The lowest BCUT2D eigenvalue weighted by Crippen LogP contribution is -1.97. The van der Waals surface area contributed by atoms with E-state index in [1.807, 2.05) is 0 Å². The zero-order valence-electron chi connectivity index (χ0n) is 8.14. The number of hydrogen-bond donors (Lipinski definition) is 1. The van der Waals surface area contributed by atoms with Gasteiger partial charge in [-0.25, -0.2) is 0 Å². The van der Waals surface area contributed by atoms with Crippen molar-refractivity contribution >= 4 is 12.6 Å². The molecule has 1 atom stereocenters. The fourth-order valence-corrected chi connectivity index (χ4v) is 1.68. The Balaban J connectivity index is 3.10. The molecule has 0 fully saturated rings. The summed E-state index contributed by atoms with van der Waals surface area (Å²) < 4.78 is 0. The van der Waals surface area contributed by atoms with Gasteiger partial charge in [-0.1, -0.05) is 40.0 Å². The first-order chi connectivity index (χ1) is 5.16. The van der Waals surface area contributed by atoms with Gasteiger partial charge in [-0.15, -0.1) is 0 Å². The molecule has 0 saturated carbocycles. The molecule has 0 radical (unpaired) electrons. The van der Waals surface area contributed by atoms with E-state index in [0.29, 0.717) is 0 Å². The minimum Gasteiger partial charge on any atom is -0.179 e. The van der Waals surface area contributed by atoms with Gasteiger partial charge in [0, 0.05) is 0 Å². The largest absolute Gasteiger partial charge is 0.179 e. The summed E-state index contributed by atoms with van der Waals surface area (Å²) in [5.74, 6) is 2.80. The van der Waals surface area contributed by atoms with Crippen molar-refractivity contribution < 1.29 is 0 Å². The molecule has 0 aromatic carbocycles. The van der Waals surface area contributed by atoms with Crippen LogP contribution in [0.1, 0.15) is 46.5 Å². The van der Waals surface area contributed by atoms with Crippen LogP contribution < -0.4 is 0 Å². The van der Waals surface area contributed by atoms with Crippen LogP contribution in [-0.2, 0) is 0 Å². The normalized spacial score (nSPS) is 13.9. The first kappa shape index (κ1) is 11.4. The monoisotopic (exact) mass is 174 g/mol. The SMILES string of the molecule is CC(C)CCC[C@H](C)CCS. The molecule has 0 unspecified atom stereocenters. The predicted octanol–water partition coefficient (Wildman–Crippen LogP) is 3.77. The molecular weight excluding hydrogens is 152 g/mol. The summed E-state index contributed by atoms with van der Waals surface area (Å²) in [5.41, 5.74) is 0. The number of thiol groups is 1. The quantitative estimate of drug-likeness (QED) is 0.582. The average Bonchev–Trinajstić information content (AvgIpc) is 1.87. The highest BCUT2D eigenvalue weighted by Gasteiger charge is 2.01. The van der Waals surface area contributed by atoms with E-state index in [9.17, 15) is 0 Å². The van der Waals surface area contributed by atoms with Crippen molar-refractivity contribution in [3.05, 3.63) is 0 Å². The fourth-order valence-electron chi connectivity index (χ4n) is 1.24. The Labute approximate surface area is 77.2 Å². The van der Waals surface area contributed by atoms with E-state index in [1.165, 1.54) is 25.7 Å². The molecular formula is C10H22S. The summed E-state index contributed by atoms with van der Waals surface area (Å²) in [7, 11) is 0. The summed E-state index contributed by atoms with van der Waals surface area (Å²) in [6.45, 7) is 6.92. The summed E-state index contributed by atoms with van der Waals surface area (Å²) in [6, 6.07) is 0. The molecule has 0 spiro atoms. The first-order valence-electron chi connectivity index (χ1n) is 4.77.